The number of nitrogens with one attached hydrogen (secondary N) is 3. The first-order valence-electron chi connectivity index (χ1n) is 12.9. The molecule has 4 aromatic rings. The van der Waals surface area contributed by atoms with Crippen LogP contribution in [0.3, 0.4) is 0 Å². The summed E-state index contributed by atoms with van der Waals surface area (Å²) in [7, 11) is 0. The van der Waals surface area contributed by atoms with Crippen LogP contribution in [0.5, 0.6) is 0 Å². The van der Waals surface area contributed by atoms with Crippen molar-refractivity contribution in [3.63, 3.8) is 0 Å². The molecular formula is C29H33FN6. The van der Waals surface area contributed by atoms with E-state index in [1.54, 1.807) is 0 Å². The van der Waals surface area contributed by atoms with Gasteiger partial charge >= 0.3 is 0 Å². The van der Waals surface area contributed by atoms with Crippen LogP contribution in [0.15, 0.2) is 48.8 Å². The van der Waals surface area contributed by atoms with Crippen LogP contribution >= 0.6 is 0 Å². The molecule has 0 bridgehead atoms. The van der Waals surface area contributed by atoms with Gasteiger partial charge in [0.05, 0.1) is 6.20 Å². The molecule has 7 heteroatoms. The number of fused-ring (bicyclic) bond motifs is 1. The average Bonchev–Trinajstić information content (AvgIpc) is 3.60. The highest BCUT2D eigenvalue weighted by Crippen LogP contribution is 2.41. The topological polar surface area (TPSA) is 68.9 Å². The molecule has 0 spiro atoms. The number of aromatic amines is 1. The van der Waals surface area contributed by atoms with Gasteiger partial charge in [-0.2, -0.15) is 0 Å². The van der Waals surface area contributed by atoms with Gasteiger partial charge in [-0.3, -0.25) is 4.90 Å². The van der Waals surface area contributed by atoms with Crippen molar-refractivity contribution in [2.24, 2.45) is 0 Å². The first-order chi connectivity index (χ1) is 17.4. The minimum Gasteiger partial charge on any atom is -0.360 e. The Hall–Kier alpha value is -3.29. The molecule has 2 aromatic carbocycles. The van der Waals surface area contributed by atoms with Gasteiger partial charge in [-0.05, 0) is 74.4 Å². The van der Waals surface area contributed by atoms with Crippen molar-refractivity contribution in [2.75, 3.05) is 18.4 Å². The van der Waals surface area contributed by atoms with E-state index in [1.165, 1.54) is 30.2 Å². The van der Waals surface area contributed by atoms with Crippen LogP contribution in [0.25, 0.3) is 22.2 Å². The fourth-order valence-electron chi connectivity index (χ4n) is 5.54. The maximum absolute atomic E-state index is 14.9. The van der Waals surface area contributed by atoms with Crippen molar-refractivity contribution < 1.29 is 4.39 Å². The number of piperazine rings is 1. The molecule has 1 aliphatic carbocycles. The van der Waals surface area contributed by atoms with E-state index >= 15 is 0 Å². The van der Waals surface area contributed by atoms with E-state index in [0.717, 1.165) is 47.4 Å². The zero-order valence-corrected chi connectivity index (χ0v) is 21.1. The predicted octanol–water partition coefficient (Wildman–Crippen LogP) is 5.88. The van der Waals surface area contributed by atoms with E-state index in [9.17, 15) is 4.39 Å². The molecule has 6 rings (SSSR count). The summed E-state index contributed by atoms with van der Waals surface area (Å²) in [5.41, 5.74) is 6.76. The van der Waals surface area contributed by atoms with E-state index in [0.29, 0.717) is 29.6 Å². The summed E-state index contributed by atoms with van der Waals surface area (Å²) in [4.78, 5) is 14.6. The maximum Gasteiger partial charge on any atom is 0.227 e. The van der Waals surface area contributed by atoms with Gasteiger partial charge in [-0.25, -0.2) is 14.4 Å². The lowest BCUT2D eigenvalue weighted by molar-refractivity contribution is 0.166. The monoisotopic (exact) mass is 484 g/mol. The van der Waals surface area contributed by atoms with Crippen molar-refractivity contribution in [3.05, 3.63) is 71.3 Å². The number of benzene rings is 2. The number of hydrogen-bond donors (Lipinski definition) is 3. The summed E-state index contributed by atoms with van der Waals surface area (Å²) in [5, 5.41) is 7.94. The van der Waals surface area contributed by atoms with Crippen LogP contribution in [0.4, 0.5) is 16.0 Å². The Morgan fingerprint density at radius 3 is 2.67 bits per heavy atom. The summed E-state index contributed by atoms with van der Waals surface area (Å²) in [6.45, 7) is 9.52. The second kappa shape index (κ2) is 9.30. The lowest BCUT2D eigenvalue weighted by atomic mass is 10.0. The fourth-order valence-corrected chi connectivity index (χ4v) is 5.54. The molecule has 6 nitrogen and oxygen atoms in total. The lowest BCUT2D eigenvalue weighted by Crippen LogP contribution is -2.53. The van der Waals surface area contributed by atoms with E-state index in [-0.39, 0.29) is 0 Å². The average molecular weight is 485 g/mol. The highest BCUT2D eigenvalue weighted by atomic mass is 19.1. The van der Waals surface area contributed by atoms with Crippen molar-refractivity contribution in [1.82, 2.24) is 25.2 Å². The molecule has 2 aliphatic rings. The van der Waals surface area contributed by atoms with Crippen LogP contribution in [0.2, 0.25) is 0 Å². The van der Waals surface area contributed by atoms with Gasteiger partial charge < -0.3 is 15.6 Å². The molecule has 1 aliphatic heterocycles. The number of anilines is 2. The summed E-state index contributed by atoms with van der Waals surface area (Å²) < 4.78 is 14.9. The molecule has 0 unspecified atom stereocenters. The molecule has 36 heavy (non-hydrogen) atoms. The van der Waals surface area contributed by atoms with E-state index in [2.05, 4.69) is 68.6 Å². The molecule has 2 atom stereocenters. The Balaban J connectivity index is 1.29. The molecule has 3 heterocycles. The molecule has 0 amide bonds. The van der Waals surface area contributed by atoms with Gasteiger partial charge in [0.2, 0.25) is 5.95 Å². The van der Waals surface area contributed by atoms with Crippen LogP contribution in [-0.2, 0) is 6.54 Å². The van der Waals surface area contributed by atoms with Crippen molar-refractivity contribution >= 4 is 22.5 Å². The minimum absolute atomic E-state index is 0.296. The van der Waals surface area contributed by atoms with Crippen LogP contribution in [0.1, 0.15) is 49.3 Å². The summed E-state index contributed by atoms with van der Waals surface area (Å²) in [6, 6.07) is 13.8. The van der Waals surface area contributed by atoms with E-state index < -0.39 is 5.82 Å². The number of rotatable bonds is 6. The highest BCUT2D eigenvalue weighted by molar-refractivity contribution is 5.95. The van der Waals surface area contributed by atoms with Gasteiger partial charge in [-0.1, -0.05) is 18.2 Å². The summed E-state index contributed by atoms with van der Waals surface area (Å²) >= 11 is 0. The third-order valence-corrected chi connectivity index (χ3v) is 7.20. The Kier molecular flexibility index (Phi) is 5.97. The van der Waals surface area contributed by atoms with E-state index in [1.807, 2.05) is 25.3 Å². The first-order valence-corrected chi connectivity index (χ1v) is 12.9. The van der Waals surface area contributed by atoms with Crippen LogP contribution < -0.4 is 10.6 Å². The first kappa shape index (κ1) is 23.1. The zero-order valence-electron chi connectivity index (χ0n) is 21.1. The summed E-state index contributed by atoms with van der Waals surface area (Å²) in [6.07, 6.45) is 5.55. The third-order valence-electron chi connectivity index (χ3n) is 7.20. The minimum atomic E-state index is -0.434. The molecule has 3 N–H and O–H groups in total. The number of aryl methyl sites for hydroxylation is 1. The van der Waals surface area contributed by atoms with Crippen molar-refractivity contribution in [2.45, 2.75) is 58.2 Å². The second-order valence-corrected chi connectivity index (χ2v) is 10.7. The lowest BCUT2D eigenvalue weighted by Gasteiger charge is -2.36. The SMILES string of the molecule is Cc1ccc2c(-c3nc(Nc4cc(CN5C[C@@H](C)N[C@@H](C)C5)cc(C5CC5)c4)ncc3F)c[nH]c2c1. The fraction of sp³-hybridized carbons (Fsp3) is 0.379. The normalized spacial score (nSPS) is 20.7. The Bertz CT molecular complexity index is 1400. The Morgan fingerprint density at radius 1 is 1.08 bits per heavy atom. The molecule has 0 radical (unpaired) electrons. The zero-order chi connectivity index (χ0) is 24.8. The largest absolute Gasteiger partial charge is 0.360 e. The Morgan fingerprint density at radius 2 is 1.89 bits per heavy atom. The van der Waals surface area contributed by atoms with Crippen molar-refractivity contribution in [3.8, 4) is 11.3 Å². The predicted molar refractivity (Wildman–Crippen MR) is 143 cm³/mol. The Labute approximate surface area is 211 Å². The number of nitrogens with zero attached hydrogens (tertiary/aromatic N) is 3. The van der Waals surface area contributed by atoms with Gasteiger partial charge in [0.25, 0.3) is 0 Å². The molecule has 1 saturated heterocycles. The van der Waals surface area contributed by atoms with Gasteiger partial charge in [0, 0.05) is 60.1 Å². The standard InChI is InChI=1S/C29H33FN6/c1-17-4-7-24-25(12-31-27(24)8-17)28-26(30)13-32-29(35-28)34-23-10-20(9-22(11-23)21-5-6-21)16-36-14-18(2)33-19(3)15-36/h4,7-13,18-19,21,31,33H,5-6,14-16H2,1-3H3,(H,32,34,35)/t18-,19+. The number of hydrogen-bond acceptors (Lipinski definition) is 5. The van der Waals surface area contributed by atoms with Crippen LogP contribution in [0, 0.1) is 12.7 Å². The number of halogens is 1. The molecule has 2 fully saturated rings. The molecular weight excluding hydrogens is 451 g/mol. The van der Waals surface area contributed by atoms with Gasteiger partial charge in [-0.15, -0.1) is 0 Å². The molecule has 186 valence electrons. The quantitative estimate of drug-likeness (QED) is 0.319. The molecule has 1 saturated carbocycles. The smallest absolute Gasteiger partial charge is 0.227 e. The maximum atomic E-state index is 14.9. The summed E-state index contributed by atoms with van der Waals surface area (Å²) in [5.74, 6) is 0.596. The second-order valence-electron chi connectivity index (χ2n) is 10.7. The molecule has 2 aromatic heterocycles. The number of H-pyrrole nitrogens is 1. The van der Waals surface area contributed by atoms with Gasteiger partial charge in [0.1, 0.15) is 5.69 Å². The van der Waals surface area contributed by atoms with Crippen molar-refractivity contribution in [1.29, 1.82) is 0 Å². The van der Waals surface area contributed by atoms with Crippen LogP contribution in [-0.4, -0.2) is 45.0 Å². The van der Waals surface area contributed by atoms with E-state index in [4.69, 9.17) is 0 Å². The number of aromatic nitrogens is 3. The van der Waals surface area contributed by atoms with Gasteiger partial charge in [0.15, 0.2) is 5.82 Å². The highest BCUT2D eigenvalue weighted by Gasteiger charge is 2.26. The third kappa shape index (κ3) is 4.86.